The van der Waals surface area contributed by atoms with Crippen LogP contribution in [0.5, 0.6) is 0 Å². The van der Waals surface area contributed by atoms with Crippen molar-refractivity contribution in [3.8, 4) is 0 Å². The summed E-state index contributed by atoms with van der Waals surface area (Å²) in [5, 5.41) is 0. The highest BCUT2D eigenvalue weighted by molar-refractivity contribution is 5.46. The molecule has 0 spiro atoms. The van der Waals surface area contributed by atoms with Crippen molar-refractivity contribution in [2.75, 3.05) is 0 Å². The summed E-state index contributed by atoms with van der Waals surface area (Å²) < 4.78 is 49.5. The van der Waals surface area contributed by atoms with Crippen LogP contribution in [0.15, 0.2) is 6.07 Å². The monoisotopic (exact) mass is 175 g/mol. The van der Waals surface area contributed by atoms with Gasteiger partial charge in [-0.1, -0.05) is 12.7 Å². The predicted molar refractivity (Wildman–Crippen MR) is 35.0 cm³/mol. The number of hydrogen-bond acceptors (Lipinski definition) is 0. The Morgan fingerprint density at radius 2 is 1.58 bits per heavy atom. The molecule has 1 radical (unpaired) electrons. The second-order valence-corrected chi connectivity index (χ2v) is 2.06. The minimum Gasteiger partial charge on any atom is -0.204 e. The van der Waals surface area contributed by atoms with E-state index in [9.17, 15) is 17.6 Å². The van der Waals surface area contributed by atoms with Crippen LogP contribution in [0.4, 0.5) is 17.6 Å². The molecule has 0 saturated carbocycles. The van der Waals surface area contributed by atoms with Crippen molar-refractivity contribution >= 4 is 6.08 Å². The molecule has 63 valence electrons. The third-order valence-electron chi connectivity index (χ3n) is 1.31. The topological polar surface area (TPSA) is 0 Å². The van der Waals surface area contributed by atoms with Crippen LogP contribution in [-0.4, -0.2) is 0 Å². The number of halogens is 4. The smallest absolute Gasteiger partial charge is 0.198 e. The minimum absolute atomic E-state index is 0.480. The molecule has 1 aromatic rings. The van der Waals surface area contributed by atoms with Crippen molar-refractivity contribution < 1.29 is 17.6 Å². The molecular formula is C8H3F4. The van der Waals surface area contributed by atoms with Crippen LogP contribution in [0, 0.1) is 29.8 Å². The van der Waals surface area contributed by atoms with E-state index in [0.717, 1.165) is 0 Å². The first-order valence-electron chi connectivity index (χ1n) is 2.96. The van der Waals surface area contributed by atoms with Crippen molar-refractivity contribution in [3.05, 3.63) is 41.5 Å². The molecule has 0 N–H and O–H groups in total. The fourth-order valence-electron chi connectivity index (χ4n) is 0.712. The van der Waals surface area contributed by atoms with E-state index in [-0.39, 0.29) is 0 Å². The van der Waals surface area contributed by atoms with Crippen LogP contribution < -0.4 is 0 Å². The van der Waals surface area contributed by atoms with Crippen molar-refractivity contribution in [1.29, 1.82) is 0 Å². The summed E-state index contributed by atoms with van der Waals surface area (Å²) in [6, 6.07) is 0.480. The molecule has 0 aliphatic carbocycles. The van der Waals surface area contributed by atoms with Gasteiger partial charge in [-0.2, -0.15) is 0 Å². The maximum Gasteiger partial charge on any atom is 0.198 e. The van der Waals surface area contributed by atoms with E-state index < -0.39 is 28.8 Å². The normalized spacial score (nSPS) is 10.0. The van der Waals surface area contributed by atoms with Crippen molar-refractivity contribution in [2.24, 2.45) is 0 Å². The first-order valence-corrected chi connectivity index (χ1v) is 2.96. The van der Waals surface area contributed by atoms with Gasteiger partial charge in [0.05, 0.1) is 0 Å². The summed E-state index contributed by atoms with van der Waals surface area (Å²) in [7, 11) is 0. The fourth-order valence-corrected chi connectivity index (χ4v) is 0.712. The molecule has 0 saturated heterocycles. The van der Waals surface area contributed by atoms with Gasteiger partial charge in [0.15, 0.2) is 23.3 Å². The number of benzene rings is 1. The zero-order valence-corrected chi connectivity index (χ0v) is 5.74. The molecule has 1 rings (SSSR count). The van der Waals surface area contributed by atoms with Gasteiger partial charge in [-0.15, -0.1) is 0 Å². The lowest BCUT2D eigenvalue weighted by atomic mass is 10.2. The molecule has 0 aliphatic heterocycles. The van der Waals surface area contributed by atoms with Crippen LogP contribution in [0.2, 0.25) is 0 Å². The summed E-state index contributed by atoms with van der Waals surface area (Å²) in [4.78, 5) is 0. The van der Waals surface area contributed by atoms with Gasteiger partial charge >= 0.3 is 0 Å². The molecule has 0 amide bonds. The Morgan fingerprint density at radius 3 is 2.08 bits per heavy atom. The molecule has 0 nitrogen and oxygen atoms in total. The third kappa shape index (κ3) is 1.20. The Labute approximate surface area is 66.1 Å². The fraction of sp³-hybridized carbons (Fsp3) is 0. The maximum absolute atomic E-state index is 12.5. The molecule has 1 aromatic carbocycles. The summed E-state index contributed by atoms with van der Waals surface area (Å²) in [5.74, 6) is -6.65. The molecule has 4 heteroatoms. The predicted octanol–water partition coefficient (Wildman–Crippen LogP) is 2.69. The third-order valence-corrected chi connectivity index (χ3v) is 1.31. The largest absolute Gasteiger partial charge is 0.204 e. The van der Waals surface area contributed by atoms with Crippen LogP contribution in [0.25, 0.3) is 6.08 Å². The molecule has 0 atom stereocenters. The quantitative estimate of drug-likeness (QED) is 0.349. The molecule has 0 heterocycles. The zero-order chi connectivity index (χ0) is 9.30. The van der Waals surface area contributed by atoms with Gasteiger partial charge < -0.3 is 0 Å². The first-order chi connectivity index (χ1) is 5.57. The molecule has 0 aromatic heterocycles. The maximum atomic E-state index is 12.5. The Kier molecular flexibility index (Phi) is 2.17. The molecule has 0 unspecified atom stereocenters. The Balaban J connectivity index is 3.49. The molecule has 0 aliphatic rings. The summed E-state index contributed by atoms with van der Waals surface area (Å²) >= 11 is 0. The van der Waals surface area contributed by atoms with Gasteiger partial charge in [0.2, 0.25) is 0 Å². The van der Waals surface area contributed by atoms with E-state index in [0.29, 0.717) is 12.1 Å². The van der Waals surface area contributed by atoms with E-state index in [1.165, 1.54) is 0 Å². The van der Waals surface area contributed by atoms with E-state index >= 15 is 0 Å². The van der Waals surface area contributed by atoms with Gasteiger partial charge in [-0.3, -0.25) is 0 Å². The van der Waals surface area contributed by atoms with Crippen molar-refractivity contribution in [3.63, 3.8) is 0 Å². The Hall–Kier alpha value is -1.32. The SMILES string of the molecule is [CH]=Cc1cc(F)c(F)c(F)c1F. The van der Waals surface area contributed by atoms with Gasteiger partial charge in [0.25, 0.3) is 0 Å². The van der Waals surface area contributed by atoms with E-state index in [2.05, 4.69) is 0 Å². The summed E-state index contributed by atoms with van der Waals surface area (Å²) in [5.41, 5.74) is -0.508. The van der Waals surface area contributed by atoms with Crippen LogP contribution in [-0.2, 0) is 0 Å². The average molecular weight is 175 g/mol. The van der Waals surface area contributed by atoms with Gasteiger partial charge in [0, 0.05) is 5.56 Å². The van der Waals surface area contributed by atoms with Crippen LogP contribution in [0.3, 0.4) is 0 Å². The lowest BCUT2D eigenvalue weighted by Crippen LogP contribution is -1.97. The average Bonchev–Trinajstić information content (AvgIpc) is 2.08. The summed E-state index contributed by atoms with van der Waals surface area (Å²) in [6.45, 7) is 4.82. The van der Waals surface area contributed by atoms with E-state index in [4.69, 9.17) is 6.58 Å². The second-order valence-electron chi connectivity index (χ2n) is 2.06. The van der Waals surface area contributed by atoms with Gasteiger partial charge in [-0.05, 0) is 6.07 Å². The Bertz CT molecular complexity index is 330. The van der Waals surface area contributed by atoms with Crippen LogP contribution >= 0.6 is 0 Å². The van der Waals surface area contributed by atoms with Gasteiger partial charge in [-0.25, -0.2) is 17.6 Å². The molecule has 0 bridgehead atoms. The lowest BCUT2D eigenvalue weighted by Gasteiger charge is -1.99. The van der Waals surface area contributed by atoms with Crippen molar-refractivity contribution in [2.45, 2.75) is 0 Å². The minimum atomic E-state index is -1.85. The van der Waals surface area contributed by atoms with Gasteiger partial charge in [0.1, 0.15) is 0 Å². The Morgan fingerprint density at radius 1 is 1.00 bits per heavy atom. The van der Waals surface area contributed by atoms with E-state index in [1.807, 2.05) is 0 Å². The highest BCUT2D eigenvalue weighted by atomic mass is 19.2. The highest BCUT2D eigenvalue weighted by Crippen LogP contribution is 2.18. The summed E-state index contributed by atoms with van der Waals surface area (Å²) in [6.07, 6.45) is 0.654. The molecule has 12 heavy (non-hydrogen) atoms. The second kappa shape index (κ2) is 2.97. The lowest BCUT2D eigenvalue weighted by molar-refractivity contribution is 0.408. The standard InChI is InChI=1S/C8H3F4/c1-2-4-3-5(9)7(11)8(12)6(4)10/h1-3H. The van der Waals surface area contributed by atoms with Crippen molar-refractivity contribution in [1.82, 2.24) is 0 Å². The van der Waals surface area contributed by atoms with Crippen LogP contribution in [0.1, 0.15) is 5.56 Å². The zero-order valence-electron chi connectivity index (χ0n) is 5.74. The van der Waals surface area contributed by atoms with E-state index in [1.54, 1.807) is 0 Å². The highest BCUT2D eigenvalue weighted by Gasteiger charge is 2.16. The number of hydrogen-bond donors (Lipinski definition) is 0. The first kappa shape index (κ1) is 8.77. The number of rotatable bonds is 1. The molecular weight excluding hydrogens is 172 g/mol. The molecule has 0 fully saturated rings.